The number of carbonyl (C=O) groups excluding carboxylic acids is 1. The molecule has 1 unspecified atom stereocenters. The summed E-state index contributed by atoms with van der Waals surface area (Å²) in [4.78, 5) is 13.6. The van der Waals surface area contributed by atoms with Gasteiger partial charge in [-0.3, -0.25) is 4.79 Å². The molecule has 31 heavy (non-hydrogen) atoms. The Balaban J connectivity index is 2.57. The average Bonchev–Trinajstić information content (AvgIpc) is 3.05. The van der Waals surface area contributed by atoms with Crippen LogP contribution in [0.15, 0.2) is 85.0 Å². The van der Waals surface area contributed by atoms with Gasteiger partial charge in [-0.15, -0.1) is 0 Å². The fourth-order valence-corrected chi connectivity index (χ4v) is 6.05. The molecule has 2 rings (SSSR count). The van der Waals surface area contributed by atoms with E-state index in [1.165, 1.54) is 43.6 Å². The summed E-state index contributed by atoms with van der Waals surface area (Å²) in [5, 5.41) is 0. The predicted octanol–water partition coefficient (Wildman–Crippen LogP) is 6.35. The van der Waals surface area contributed by atoms with E-state index >= 15 is 0 Å². The molecular formula is C26H35NO3S. The first-order valence-corrected chi connectivity index (χ1v) is 12.6. The van der Waals surface area contributed by atoms with Crippen LogP contribution in [0.4, 0.5) is 0 Å². The Hall–Kier alpha value is -2.40. The van der Waals surface area contributed by atoms with Crippen molar-refractivity contribution in [1.29, 1.82) is 0 Å². The van der Waals surface area contributed by atoms with Gasteiger partial charge in [0.25, 0.3) is 10.0 Å². The zero-order valence-corrected chi connectivity index (χ0v) is 19.3. The molecule has 1 aliphatic carbocycles. The van der Waals surface area contributed by atoms with Crippen LogP contribution in [0.3, 0.4) is 0 Å². The second-order valence-electron chi connectivity index (χ2n) is 8.05. The molecule has 1 saturated carbocycles. The second-order valence-corrected chi connectivity index (χ2v) is 9.83. The third kappa shape index (κ3) is 5.65. The van der Waals surface area contributed by atoms with E-state index in [0.29, 0.717) is 11.3 Å². The van der Waals surface area contributed by atoms with Crippen LogP contribution >= 0.6 is 0 Å². The van der Waals surface area contributed by atoms with Gasteiger partial charge in [-0.2, -0.15) is 0 Å². The summed E-state index contributed by atoms with van der Waals surface area (Å²) in [6.45, 7) is 14.7. The van der Waals surface area contributed by atoms with Crippen LogP contribution < -0.4 is 0 Å². The molecule has 1 atom stereocenters. The topological polar surface area (TPSA) is 54.5 Å². The van der Waals surface area contributed by atoms with Crippen molar-refractivity contribution in [2.75, 3.05) is 0 Å². The van der Waals surface area contributed by atoms with E-state index in [9.17, 15) is 13.2 Å². The minimum atomic E-state index is -4.12. The SMILES string of the molecule is C=C/C=C\C1=C(C=C)N(S(=O)(=O)/C(C=C)=C/C=C)C(=O)C1C1CCCCCCCCC1. The van der Waals surface area contributed by atoms with Gasteiger partial charge in [-0.05, 0) is 42.6 Å². The van der Waals surface area contributed by atoms with Crippen molar-refractivity contribution in [2.45, 2.75) is 57.8 Å². The number of hydrogen-bond acceptors (Lipinski definition) is 3. The van der Waals surface area contributed by atoms with Crippen LogP contribution in [-0.2, 0) is 14.8 Å². The molecule has 5 heteroatoms. The molecule has 2 aliphatic rings. The lowest BCUT2D eigenvalue weighted by molar-refractivity contribution is -0.128. The third-order valence-corrected chi connectivity index (χ3v) is 7.82. The Morgan fingerprint density at radius 2 is 1.48 bits per heavy atom. The number of allylic oxidation sites excluding steroid dienone is 7. The molecule has 0 saturated heterocycles. The lowest BCUT2D eigenvalue weighted by Gasteiger charge is -2.26. The minimum absolute atomic E-state index is 0.0612. The molecule has 0 radical (unpaired) electrons. The van der Waals surface area contributed by atoms with Gasteiger partial charge in [0.2, 0.25) is 5.91 Å². The van der Waals surface area contributed by atoms with Gasteiger partial charge in [0.05, 0.1) is 16.5 Å². The maximum Gasteiger partial charge on any atom is 0.270 e. The van der Waals surface area contributed by atoms with E-state index in [1.807, 2.05) is 6.08 Å². The lowest BCUT2D eigenvalue weighted by Crippen LogP contribution is -2.37. The fourth-order valence-electron chi connectivity index (χ4n) is 4.58. The highest BCUT2D eigenvalue weighted by Gasteiger charge is 2.47. The maximum atomic E-state index is 13.7. The van der Waals surface area contributed by atoms with E-state index in [4.69, 9.17) is 0 Å². The number of hydrogen-bond donors (Lipinski definition) is 0. The smallest absolute Gasteiger partial charge is 0.270 e. The molecule has 1 fully saturated rings. The van der Waals surface area contributed by atoms with Gasteiger partial charge in [0.1, 0.15) is 0 Å². The quantitative estimate of drug-likeness (QED) is 0.412. The zero-order valence-electron chi connectivity index (χ0n) is 18.5. The molecule has 0 bridgehead atoms. The molecular weight excluding hydrogens is 406 g/mol. The number of carbonyl (C=O) groups is 1. The van der Waals surface area contributed by atoms with Crippen LogP contribution in [-0.4, -0.2) is 18.6 Å². The van der Waals surface area contributed by atoms with E-state index in [1.54, 1.807) is 12.2 Å². The van der Waals surface area contributed by atoms with Crippen molar-refractivity contribution in [3.05, 3.63) is 85.0 Å². The lowest BCUT2D eigenvalue weighted by atomic mass is 9.79. The van der Waals surface area contributed by atoms with Gasteiger partial charge in [0, 0.05) is 0 Å². The largest absolute Gasteiger partial charge is 0.273 e. The number of sulfonamides is 1. The molecule has 1 amide bonds. The second kappa shape index (κ2) is 11.8. The highest BCUT2D eigenvalue weighted by molar-refractivity contribution is 7.93. The van der Waals surface area contributed by atoms with E-state index in [2.05, 4.69) is 26.3 Å². The summed E-state index contributed by atoms with van der Waals surface area (Å²) in [6, 6.07) is 0. The molecule has 0 aromatic heterocycles. The number of rotatable bonds is 8. The molecule has 168 valence electrons. The van der Waals surface area contributed by atoms with Gasteiger partial charge < -0.3 is 0 Å². The van der Waals surface area contributed by atoms with Gasteiger partial charge >= 0.3 is 0 Å². The van der Waals surface area contributed by atoms with Crippen molar-refractivity contribution in [3.8, 4) is 0 Å². The summed E-state index contributed by atoms with van der Waals surface area (Å²) >= 11 is 0. The van der Waals surface area contributed by atoms with Crippen molar-refractivity contribution < 1.29 is 13.2 Å². The summed E-state index contributed by atoms with van der Waals surface area (Å²) in [5.74, 6) is -0.813. The average molecular weight is 442 g/mol. The molecule has 0 aromatic carbocycles. The molecule has 0 spiro atoms. The Labute approximate surface area is 188 Å². The minimum Gasteiger partial charge on any atom is -0.273 e. The van der Waals surface area contributed by atoms with E-state index < -0.39 is 21.8 Å². The first-order valence-electron chi connectivity index (χ1n) is 11.1. The fraction of sp³-hybridized carbons (Fsp3) is 0.423. The molecule has 1 aliphatic heterocycles. The van der Waals surface area contributed by atoms with Crippen molar-refractivity contribution >= 4 is 15.9 Å². The zero-order chi connectivity index (χ0) is 22.9. The molecule has 1 heterocycles. The van der Waals surface area contributed by atoms with Crippen molar-refractivity contribution in [3.63, 3.8) is 0 Å². The standard InChI is InChI=1S/C26H35NO3S/c1-5-9-20-23-24(8-4)27(31(29,30)22(7-3)17-6-2)26(28)25(23)21-18-15-13-11-10-12-14-16-19-21/h5-9,17,20-21,25H,1-4,10-16,18-19H2/b20-9-,22-17+. The molecule has 4 nitrogen and oxygen atoms in total. The van der Waals surface area contributed by atoms with E-state index in [0.717, 1.165) is 42.8 Å². The van der Waals surface area contributed by atoms with Gasteiger partial charge in [-0.25, -0.2) is 12.7 Å². The Morgan fingerprint density at radius 1 is 0.903 bits per heavy atom. The molecule has 0 N–H and O–H groups in total. The molecule has 0 aromatic rings. The highest BCUT2D eigenvalue weighted by atomic mass is 32.2. The number of nitrogens with zero attached hydrogens (tertiary/aromatic N) is 1. The van der Waals surface area contributed by atoms with Gasteiger partial charge in [-0.1, -0.05) is 95.6 Å². The van der Waals surface area contributed by atoms with Crippen molar-refractivity contribution in [2.24, 2.45) is 11.8 Å². The monoisotopic (exact) mass is 441 g/mol. The normalized spacial score (nSPS) is 22.6. The predicted molar refractivity (Wildman–Crippen MR) is 129 cm³/mol. The van der Waals surface area contributed by atoms with Crippen molar-refractivity contribution in [1.82, 2.24) is 4.31 Å². The van der Waals surface area contributed by atoms with Gasteiger partial charge in [0.15, 0.2) is 0 Å². The maximum absolute atomic E-state index is 13.7. The first kappa shape index (κ1) is 24.9. The van der Waals surface area contributed by atoms with E-state index in [-0.39, 0.29) is 10.8 Å². The highest BCUT2D eigenvalue weighted by Crippen LogP contribution is 2.43. The van der Waals surface area contributed by atoms with Crippen LogP contribution in [0.25, 0.3) is 0 Å². The summed E-state index contributed by atoms with van der Waals surface area (Å²) in [7, 11) is -4.12. The summed E-state index contributed by atoms with van der Waals surface area (Å²) in [5.41, 5.74) is 1.02. The van der Waals surface area contributed by atoms with Crippen LogP contribution in [0, 0.1) is 11.8 Å². The van der Waals surface area contributed by atoms with Crippen LogP contribution in [0.1, 0.15) is 57.8 Å². The Kier molecular flexibility index (Phi) is 9.50. The third-order valence-electron chi connectivity index (χ3n) is 6.06. The Morgan fingerprint density at radius 3 is 1.97 bits per heavy atom. The summed E-state index contributed by atoms with van der Waals surface area (Å²) < 4.78 is 27.7. The number of amides is 1. The van der Waals surface area contributed by atoms with Crippen LogP contribution in [0.5, 0.6) is 0 Å². The Bertz CT molecular complexity index is 895. The van der Waals surface area contributed by atoms with Crippen LogP contribution in [0.2, 0.25) is 0 Å². The summed E-state index contributed by atoms with van der Waals surface area (Å²) in [6.07, 6.45) is 20.6. The first-order chi connectivity index (χ1) is 14.9.